The van der Waals surface area contributed by atoms with Gasteiger partial charge in [-0.25, -0.2) is 14.4 Å². The van der Waals surface area contributed by atoms with Crippen LogP contribution in [0, 0.1) is 11.2 Å². The first-order chi connectivity index (χ1) is 17.4. The number of aliphatic hydroxyl groups excluding tert-OH is 1. The number of carbonyl (C=O) groups is 1. The fourth-order valence-electron chi connectivity index (χ4n) is 5.57. The highest BCUT2D eigenvalue weighted by molar-refractivity contribution is 6.30. The standard InChI is InChI=1S/C26H31ClFN5O3/c27-16-12-30-25(31-13-16)20-14-33(15-21(20)29)26(35)19-6-5-17(28)11-24(19)36-18-7-9-32(10-8-18)22-3-1-2-4-23(22)34/h5-6,11-13,18,20,22-23,29,34H,1-4,7-10,14-15H2. The van der Waals surface area contributed by atoms with Gasteiger partial charge in [0.2, 0.25) is 0 Å². The summed E-state index contributed by atoms with van der Waals surface area (Å²) in [6, 6.07) is 4.19. The number of aromatic nitrogens is 2. The molecule has 2 aromatic rings. The summed E-state index contributed by atoms with van der Waals surface area (Å²) >= 11 is 5.88. The predicted octanol–water partition coefficient (Wildman–Crippen LogP) is 3.68. The number of benzene rings is 1. The lowest BCUT2D eigenvalue weighted by Gasteiger charge is -2.41. The minimum Gasteiger partial charge on any atom is -0.489 e. The molecule has 1 amide bonds. The summed E-state index contributed by atoms with van der Waals surface area (Å²) in [5.41, 5.74) is 0.625. The molecule has 2 N–H and O–H groups in total. The molecule has 5 rings (SSSR count). The number of amides is 1. The van der Waals surface area contributed by atoms with E-state index in [4.69, 9.17) is 21.7 Å². The number of hydrogen-bond donors (Lipinski definition) is 2. The zero-order valence-electron chi connectivity index (χ0n) is 20.1. The van der Waals surface area contributed by atoms with E-state index < -0.39 is 11.7 Å². The molecule has 3 fully saturated rings. The Morgan fingerprint density at radius 2 is 1.86 bits per heavy atom. The van der Waals surface area contributed by atoms with Crippen LogP contribution in [0.4, 0.5) is 4.39 Å². The van der Waals surface area contributed by atoms with E-state index in [2.05, 4.69) is 14.9 Å². The topological polar surface area (TPSA) is 103 Å². The van der Waals surface area contributed by atoms with Crippen LogP contribution in [-0.4, -0.2) is 80.9 Å². The van der Waals surface area contributed by atoms with Crippen molar-refractivity contribution in [2.45, 2.75) is 62.7 Å². The van der Waals surface area contributed by atoms with Crippen LogP contribution in [0.3, 0.4) is 0 Å². The molecule has 10 heteroatoms. The van der Waals surface area contributed by atoms with Crippen molar-refractivity contribution in [2.24, 2.45) is 0 Å². The number of likely N-dealkylation sites (tertiary alicyclic amines) is 2. The summed E-state index contributed by atoms with van der Waals surface area (Å²) in [6.45, 7) is 2.01. The lowest BCUT2D eigenvalue weighted by atomic mass is 9.90. The van der Waals surface area contributed by atoms with Gasteiger partial charge in [-0.15, -0.1) is 0 Å². The van der Waals surface area contributed by atoms with Crippen LogP contribution in [0.25, 0.3) is 0 Å². The van der Waals surface area contributed by atoms with Gasteiger partial charge in [0.05, 0.1) is 29.2 Å². The van der Waals surface area contributed by atoms with Gasteiger partial charge in [-0.3, -0.25) is 9.69 Å². The highest BCUT2D eigenvalue weighted by Gasteiger charge is 2.36. The molecular weight excluding hydrogens is 485 g/mol. The Balaban J connectivity index is 1.25. The summed E-state index contributed by atoms with van der Waals surface area (Å²) in [4.78, 5) is 25.7. The second-order valence-electron chi connectivity index (χ2n) is 9.94. The zero-order valence-corrected chi connectivity index (χ0v) is 20.8. The molecule has 0 radical (unpaired) electrons. The SMILES string of the molecule is N=C1CN(C(=O)c2ccc(F)cc2OC2CCN(C3CCCCC3O)CC2)CC1c1ncc(Cl)cn1. The van der Waals surface area contributed by atoms with Gasteiger partial charge in [0.1, 0.15) is 23.5 Å². The van der Waals surface area contributed by atoms with Gasteiger partial charge in [0.25, 0.3) is 5.91 Å². The molecule has 1 saturated carbocycles. The molecule has 2 saturated heterocycles. The molecule has 8 nitrogen and oxygen atoms in total. The van der Waals surface area contributed by atoms with Crippen molar-refractivity contribution >= 4 is 23.2 Å². The molecule has 3 unspecified atom stereocenters. The number of rotatable bonds is 5. The maximum absolute atomic E-state index is 14.2. The molecule has 2 aliphatic heterocycles. The number of nitrogens with zero attached hydrogens (tertiary/aromatic N) is 4. The lowest BCUT2D eigenvalue weighted by Crippen LogP contribution is -2.50. The second kappa shape index (κ2) is 10.8. The molecule has 1 aliphatic carbocycles. The van der Waals surface area contributed by atoms with Crippen LogP contribution in [0.1, 0.15) is 60.6 Å². The summed E-state index contributed by atoms with van der Waals surface area (Å²) < 4.78 is 20.4. The number of nitrogens with one attached hydrogen (secondary N) is 1. The quantitative estimate of drug-likeness (QED) is 0.630. The van der Waals surface area contributed by atoms with Gasteiger partial charge < -0.3 is 20.2 Å². The maximum atomic E-state index is 14.2. The predicted molar refractivity (Wildman–Crippen MR) is 133 cm³/mol. The van der Waals surface area contributed by atoms with E-state index in [1.54, 1.807) is 4.90 Å². The largest absolute Gasteiger partial charge is 0.489 e. The lowest BCUT2D eigenvalue weighted by molar-refractivity contribution is -0.00709. The summed E-state index contributed by atoms with van der Waals surface area (Å²) in [6.07, 6.45) is 8.14. The molecule has 3 heterocycles. The van der Waals surface area contributed by atoms with Crippen LogP contribution < -0.4 is 4.74 Å². The second-order valence-corrected chi connectivity index (χ2v) is 10.4. The van der Waals surface area contributed by atoms with E-state index in [0.29, 0.717) is 16.6 Å². The smallest absolute Gasteiger partial charge is 0.257 e. The number of halogens is 2. The highest BCUT2D eigenvalue weighted by atomic mass is 35.5. The molecule has 3 atom stereocenters. The van der Waals surface area contributed by atoms with E-state index in [9.17, 15) is 14.3 Å². The van der Waals surface area contributed by atoms with Crippen LogP contribution in [0.2, 0.25) is 5.02 Å². The van der Waals surface area contributed by atoms with E-state index in [1.165, 1.54) is 30.6 Å². The molecule has 3 aliphatic rings. The zero-order chi connectivity index (χ0) is 25.2. The Bertz CT molecular complexity index is 1110. The van der Waals surface area contributed by atoms with E-state index in [1.807, 2.05) is 0 Å². The van der Waals surface area contributed by atoms with Crippen molar-refractivity contribution in [2.75, 3.05) is 26.2 Å². The molecule has 1 aromatic heterocycles. The van der Waals surface area contributed by atoms with Gasteiger partial charge in [0.15, 0.2) is 0 Å². The van der Waals surface area contributed by atoms with E-state index in [-0.39, 0.29) is 48.6 Å². The molecular formula is C26H31ClFN5O3. The monoisotopic (exact) mass is 515 g/mol. The number of aliphatic hydroxyl groups is 1. The van der Waals surface area contributed by atoms with Crippen LogP contribution in [0.15, 0.2) is 30.6 Å². The van der Waals surface area contributed by atoms with Crippen molar-refractivity contribution in [3.05, 3.63) is 52.8 Å². The molecule has 1 aromatic carbocycles. The molecule has 0 bridgehead atoms. The fourth-order valence-corrected chi connectivity index (χ4v) is 5.67. The average molecular weight is 516 g/mol. The fraction of sp³-hybridized carbons (Fsp3) is 0.538. The minimum absolute atomic E-state index is 0.137. The normalized spacial score (nSPS) is 25.8. The summed E-state index contributed by atoms with van der Waals surface area (Å²) in [5, 5.41) is 19.2. The molecule has 36 heavy (non-hydrogen) atoms. The Morgan fingerprint density at radius 1 is 1.14 bits per heavy atom. The minimum atomic E-state index is -0.467. The first-order valence-corrected chi connectivity index (χ1v) is 13.0. The van der Waals surface area contributed by atoms with Crippen molar-refractivity contribution in [3.8, 4) is 5.75 Å². The van der Waals surface area contributed by atoms with Crippen LogP contribution in [-0.2, 0) is 0 Å². The first kappa shape index (κ1) is 25.0. The van der Waals surface area contributed by atoms with Crippen molar-refractivity contribution in [1.29, 1.82) is 5.41 Å². The third-order valence-electron chi connectivity index (χ3n) is 7.53. The Hall–Kier alpha value is -2.62. The maximum Gasteiger partial charge on any atom is 0.257 e. The molecule has 192 valence electrons. The summed E-state index contributed by atoms with van der Waals surface area (Å²) in [5.74, 6) is -0.505. The number of hydrogen-bond acceptors (Lipinski definition) is 7. The first-order valence-electron chi connectivity index (χ1n) is 12.6. The number of carbonyl (C=O) groups excluding carboxylic acids is 1. The molecule has 0 spiro atoms. The van der Waals surface area contributed by atoms with Gasteiger partial charge in [0, 0.05) is 49.8 Å². The van der Waals surface area contributed by atoms with Crippen molar-refractivity contribution < 1.29 is 19.0 Å². The third kappa shape index (κ3) is 5.38. The van der Waals surface area contributed by atoms with Gasteiger partial charge in [-0.2, -0.15) is 0 Å². The average Bonchev–Trinajstić information content (AvgIpc) is 3.27. The van der Waals surface area contributed by atoms with Crippen molar-refractivity contribution in [3.63, 3.8) is 0 Å². The third-order valence-corrected chi connectivity index (χ3v) is 7.73. The van der Waals surface area contributed by atoms with Gasteiger partial charge >= 0.3 is 0 Å². The summed E-state index contributed by atoms with van der Waals surface area (Å²) in [7, 11) is 0. The van der Waals surface area contributed by atoms with E-state index in [0.717, 1.165) is 51.6 Å². The Kier molecular flexibility index (Phi) is 7.50. The van der Waals surface area contributed by atoms with E-state index >= 15 is 0 Å². The van der Waals surface area contributed by atoms with Gasteiger partial charge in [-0.05, 0) is 37.8 Å². The highest BCUT2D eigenvalue weighted by Crippen LogP contribution is 2.31. The van der Waals surface area contributed by atoms with Crippen molar-refractivity contribution in [1.82, 2.24) is 19.8 Å². The van der Waals surface area contributed by atoms with Gasteiger partial charge in [-0.1, -0.05) is 24.4 Å². The number of ether oxygens (including phenoxy) is 1. The number of piperidine rings is 1. The van der Waals surface area contributed by atoms with Crippen LogP contribution in [0.5, 0.6) is 5.75 Å². The Morgan fingerprint density at radius 3 is 2.58 bits per heavy atom. The Labute approximate surface area is 214 Å². The van der Waals surface area contributed by atoms with Crippen LogP contribution >= 0.6 is 11.6 Å².